The van der Waals surface area contributed by atoms with Crippen LogP contribution in [-0.2, 0) is 47.6 Å². The predicted octanol–water partition coefficient (Wildman–Crippen LogP) is 4.49. The number of hydrogen-bond donors (Lipinski definition) is 2. The number of benzene rings is 1. The molecule has 58 heavy (non-hydrogen) atoms. The molecule has 0 radical (unpaired) electrons. The summed E-state index contributed by atoms with van der Waals surface area (Å²) in [6.45, 7) is 16.8. The van der Waals surface area contributed by atoms with Crippen molar-refractivity contribution in [2.75, 3.05) is 0 Å². The van der Waals surface area contributed by atoms with Crippen molar-refractivity contribution in [1.29, 1.82) is 0 Å². The molecule has 0 bridgehead atoms. The molecular formula is C43H53NO14. The van der Waals surface area contributed by atoms with E-state index in [0.717, 1.165) is 20.8 Å². The molecule has 4 unspecified atom stereocenters. The summed E-state index contributed by atoms with van der Waals surface area (Å²) in [6, 6.07) is 10.6. The second-order valence-corrected chi connectivity index (χ2v) is 16.0. The van der Waals surface area contributed by atoms with Crippen LogP contribution in [0.25, 0.3) is 0 Å². The highest BCUT2D eigenvalue weighted by Gasteiger charge is 2.70. The van der Waals surface area contributed by atoms with Crippen molar-refractivity contribution in [3.8, 4) is 0 Å². The Kier molecular flexibility index (Phi) is 14.1. The summed E-state index contributed by atoms with van der Waals surface area (Å²) >= 11 is 0. The molecule has 15 nitrogen and oxygen atoms in total. The summed E-state index contributed by atoms with van der Waals surface area (Å²) in [5, 5.41) is 25.7. The van der Waals surface area contributed by atoms with Crippen molar-refractivity contribution < 1.29 is 67.4 Å². The first kappa shape index (κ1) is 45.3. The fourth-order valence-corrected chi connectivity index (χ4v) is 7.79. The Bertz CT molecular complexity index is 1890. The molecule has 2 aliphatic carbocycles. The van der Waals surface area contributed by atoms with Gasteiger partial charge in [-0.25, -0.2) is 9.59 Å². The smallest absolute Gasteiger partial charge is 0.338 e. The van der Waals surface area contributed by atoms with Gasteiger partial charge in [0.05, 0.1) is 23.0 Å². The van der Waals surface area contributed by atoms with Gasteiger partial charge in [-0.15, -0.1) is 0 Å². The van der Waals surface area contributed by atoms with Gasteiger partial charge in [0.2, 0.25) is 0 Å². The summed E-state index contributed by atoms with van der Waals surface area (Å²) in [5.74, 6) is -8.63. The molecule has 0 amide bonds. The molecule has 314 valence electrons. The quantitative estimate of drug-likeness (QED) is 0.203. The number of aliphatic hydroxyl groups excluding tert-OH is 1. The van der Waals surface area contributed by atoms with Gasteiger partial charge in [-0.05, 0) is 31.2 Å². The molecule has 0 aliphatic heterocycles. The van der Waals surface area contributed by atoms with Gasteiger partial charge in [-0.3, -0.25) is 24.2 Å². The van der Waals surface area contributed by atoms with E-state index in [0.29, 0.717) is 0 Å². The molecule has 4 rings (SSSR count). The minimum absolute atomic E-state index is 0.0761. The highest BCUT2D eigenvalue weighted by Crippen LogP contribution is 2.54. The Hall–Kier alpha value is -5.41. The van der Waals surface area contributed by atoms with Gasteiger partial charge in [0.1, 0.15) is 35.6 Å². The number of aromatic nitrogens is 1. The number of aliphatic hydroxyl groups is 2. The van der Waals surface area contributed by atoms with Crippen LogP contribution in [0.3, 0.4) is 0 Å². The lowest BCUT2D eigenvalue weighted by molar-refractivity contribution is -0.193. The highest BCUT2D eigenvalue weighted by molar-refractivity contribution is 5.90. The molecule has 0 saturated heterocycles. The summed E-state index contributed by atoms with van der Waals surface area (Å²) in [6.07, 6.45) is -5.02. The van der Waals surface area contributed by atoms with Crippen LogP contribution in [0, 0.1) is 23.2 Å². The number of rotatable bonds is 9. The van der Waals surface area contributed by atoms with Crippen LogP contribution in [0.5, 0.6) is 0 Å². The second kappa shape index (κ2) is 18.0. The maximum absolute atomic E-state index is 13.9. The van der Waals surface area contributed by atoms with Crippen molar-refractivity contribution in [1.82, 2.24) is 4.98 Å². The number of pyridine rings is 1. The van der Waals surface area contributed by atoms with Crippen molar-refractivity contribution in [3.63, 3.8) is 0 Å². The largest absolute Gasteiger partial charge is 0.459 e. The van der Waals surface area contributed by atoms with Crippen LogP contribution >= 0.6 is 0 Å². The molecule has 2 aromatic rings. The minimum Gasteiger partial charge on any atom is -0.459 e. The number of carbonyl (C=O) groups excluding carboxylic acids is 6. The second-order valence-electron chi connectivity index (χ2n) is 16.0. The van der Waals surface area contributed by atoms with E-state index in [1.54, 1.807) is 51.1 Å². The Morgan fingerprint density at radius 1 is 0.759 bits per heavy atom. The number of fused-ring (bicyclic) bond motifs is 1. The molecular weight excluding hydrogens is 754 g/mol. The highest BCUT2D eigenvalue weighted by atomic mass is 16.6. The average molecular weight is 808 g/mol. The van der Waals surface area contributed by atoms with E-state index in [1.807, 2.05) is 0 Å². The molecule has 1 heterocycles. The van der Waals surface area contributed by atoms with E-state index in [1.165, 1.54) is 57.4 Å². The zero-order chi connectivity index (χ0) is 43.3. The standard InChI is InChI=1S/C43H53NO14/c1-23(2)38(49)55-34-25(4)33(53-26(5)45)31-36(56-39(50)29-14-12-11-13-15-29)42(10,58-28(7)47)22-43(31,52)35(54-27(6)46)24(3)16-19-41(8,9)37(32(34)48)57-40(51)30-17-20-44-21-18-30/h11-21,23-24,31-37,48,52H,4,22H2,1-3,5-10H3/b19-16-/t24?,31-,32+,33?,34-,35?,36+,37?,42+,43+/m0/s1. The minimum atomic E-state index is -2.39. The zero-order valence-electron chi connectivity index (χ0n) is 34.2. The lowest BCUT2D eigenvalue weighted by Crippen LogP contribution is -2.59. The van der Waals surface area contributed by atoms with E-state index in [4.69, 9.17) is 28.4 Å². The van der Waals surface area contributed by atoms with Crippen LogP contribution in [0.4, 0.5) is 0 Å². The first-order valence-corrected chi connectivity index (χ1v) is 18.9. The maximum atomic E-state index is 13.9. The topological polar surface area (TPSA) is 211 Å². The molecule has 1 aromatic heterocycles. The van der Waals surface area contributed by atoms with Crippen LogP contribution in [0.2, 0.25) is 0 Å². The lowest BCUT2D eigenvalue weighted by atomic mass is 9.71. The monoisotopic (exact) mass is 807 g/mol. The summed E-state index contributed by atoms with van der Waals surface area (Å²) in [4.78, 5) is 83.8. The number of carbonyl (C=O) groups is 6. The lowest BCUT2D eigenvalue weighted by Gasteiger charge is -2.45. The summed E-state index contributed by atoms with van der Waals surface area (Å²) in [7, 11) is 0. The van der Waals surface area contributed by atoms with Gasteiger partial charge in [0.25, 0.3) is 0 Å². The fraction of sp³-hybridized carbons (Fsp3) is 0.512. The van der Waals surface area contributed by atoms with Crippen molar-refractivity contribution in [2.45, 2.75) is 117 Å². The van der Waals surface area contributed by atoms with Gasteiger partial charge >= 0.3 is 35.8 Å². The van der Waals surface area contributed by atoms with E-state index in [2.05, 4.69) is 11.6 Å². The van der Waals surface area contributed by atoms with Gasteiger partial charge < -0.3 is 38.6 Å². The molecule has 1 fully saturated rings. The third-order valence-corrected chi connectivity index (χ3v) is 10.4. The number of hydrogen-bond acceptors (Lipinski definition) is 15. The van der Waals surface area contributed by atoms with Crippen molar-refractivity contribution >= 4 is 35.8 Å². The van der Waals surface area contributed by atoms with E-state index in [-0.39, 0.29) is 16.7 Å². The first-order chi connectivity index (χ1) is 27.0. The van der Waals surface area contributed by atoms with Crippen molar-refractivity contribution in [2.24, 2.45) is 23.2 Å². The number of esters is 6. The van der Waals surface area contributed by atoms with Crippen LogP contribution in [-0.4, -0.2) is 98.8 Å². The molecule has 15 heteroatoms. The SMILES string of the molecule is C=C1C(OC(C)=O)[C@H]2[C@@H](OC(=O)c3ccccc3)[C@](C)(OC(C)=O)C[C@]2(O)C(OC(C)=O)C(C)/C=C\C(C)(C)C(OC(=O)c2ccncc2)[C@H](O)[C@H]1OC(=O)C(C)C. The molecule has 1 saturated carbocycles. The molecule has 1 aromatic carbocycles. The van der Waals surface area contributed by atoms with Crippen LogP contribution in [0.15, 0.2) is 79.2 Å². The first-order valence-electron chi connectivity index (χ1n) is 18.9. The van der Waals surface area contributed by atoms with E-state index < -0.39 is 113 Å². The molecule has 2 N–H and O–H groups in total. The Balaban J connectivity index is 2.08. The van der Waals surface area contributed by atoms with Crippen molar-refractivity contribution in [3.05, 3.63) is 90.3 Å². The van der Waals surface area contributed by atoms with E-state index in [9.17, 15) is 39.0 Å². The van der Waals surface area contributed by atoms with Crippen LogP contribution in [0.1, 0.15) is 89.5 Å². The van der Waals surface area contributed by atoms with Gasteiger partial charge in [0.15, 0.2) is 12.2 Å². The van der Waals surface area contributed by atoms with E-state index >= 15 is 0 Å². The molecule has 0 spiro atoms. The third kappa shape index (κ3) is 9.99. The predicted molar refractivity (Wildman–Crippen MR) is 205 cm³/mol. The Morgan fingerprint density at radius 3 is 1.84 bits per heavy atom. The fourth-order valence-electron chi connectivity index (χ4n) is 7.79. The normalized spacial score (nSPS) is 31.3. The van der Waals surface area contributed by atoms with Gasteiger partial charge in [0, 0.05) is 56.5 Å². The maximum Gasteiger partial charge on any atom is 0.338 e. The number of nitrogens with zero attached hydrogens (tertiary/aromatic N) is 1. The third-order valence-electron chi connectivity index (χ3n) is 10.4. The number of ether oxygens (including phenoxy) is 6. The Morgan fingerprint density at radius 2 is 1.31 bits per heavy atom. The van der Waals surface area contributed by atoms with Gasteiger partial charge in [-0.2, -0.15) is 0 Å². The molecule has 2 aliphatic rings. The molecule has 10 atom stereocenters. The Labute approximate surface area is 337 Å². The van der Waals surface area contributed by atoms with Crippen LogP contribution < -0.4 is 0 Å². The average Bonchev–Trinajstić information content (AvgIpc) is 3.36. The summed E-state index contributed by atoms with van der Waals surface area (Å²) < 4.78 is 35.8. The zero-order valence-corrected chi connectivity index (χ0v) is 34.2. The van der Waals surface area contributed by atoms with Gasteiger partial charge in [-0.1, -0.05) is 71.5 Å². The summed E-state index contributed by atoms with van der Waals surface area (Å²) in [5.41, 5.74) is -5.78.